The van der Waals surface area contributed by atoms with E-state index in [9.17, 15) is 0 Å². The molecule has 11 heavy (non-hydrogen) atoms. The Kier molecular flexibility index (Phi) is 1.18. The minimum absolute atomic E-state index is 0.949. The van der Waals surface area contributed by atoms with Crippen LogP contribution in [-0.2, 0) is 0 Å². The van der Waals surface area contributed by atoms with E-state index in [1.165, 1.54) is 5.56 Å². The van der Waals surface area contributed by atoms with Crippen LogP contribution in [0, 0.1) is 13.8 Å². The van der Waals surface area contributed by atoms with Gasteiger partial charge in [0.15, 0.2) is 5.65 Å². The fraction of sp³-hybridized carbons (Fsp3) is 0.250. The highest BCUT2D eigenvalue weighted by atomic mass is 15.2. The average Bonchev–Trinajstić information content (AvgIpc) is 2.33. The van der Waals surface area contributed by atoms with Gasteiger partial charge in [-0.15, -0.1) is 0 Å². The highest BCUT2D eigenvalue weighted by Gasteiger charge is 1.98. The second-order valence-electron chi connectivity index (χ2n) is 2.66. The number of aryl methyl sites for hydroxylation is 2. The van der Waals surface area contributed by atoms with Crippen molar-refractivity contribution in [3.8, 4) is 0 Å². The fourth-order valence-corrected chi connectivity index (χ4v) is 1.08. The molecule has 0 spiro atoms. The molecule has 0 bridgehead atoms. The molecule has 0 aromatic carbocycles. The van der Waals surface area contributed by atoms with Gasteiger partial charge < -0.3 is 0 Å². The van der Waals surface area contributed by atoms with Crippen LogP contribution in [0.5, 0.6) is 0 Å². The lowest BCUT2D eigenvalue weighted by Crippen LogP contribution is -1.94. The monoisotopic (exact) mass is 147 g/mol. The van der Waals surface area contributed by atoms with Crippen LogP contribution in [0.2, 0.25) is 0 Å². The molecule has 0 aliphatic carbocycles. The summed E-state index contributed by atoms with van der Waals surface area (Å²) in [5, 5.41) is 4.16. The summed E-state index contributed by atoms with van der Waals surface area (Å²) in [5.74, 6) is 0. The Morgan fingerprint density at radius 3 is 3.00 bits per heavy atom. The lowest BCUT2D eigenvalue weighted by Gasteiger charge is -1.94. The van der Waals surface area contributed by atoms with Crippen LogP contribution in [0.4, 0.5) is 0 Å². The first kappa shape index (κ1) is 6.34. The van der Waals surface area contributed by atoms with Crippen LogP contribution in [0.25, 0.3) is 5.65 Å². The second kappa shape index (κ2) is 2.05. The summed E-state index contributed by atoms with van der Waals surface area (Å²) in [7, 11) is 0. The molecule has 3 nitrogen and oxygen atoms in total. The van der Waals surface area contributed by atoms with Gasteiger partial charge in [-0.1, -0.05) is 0 Å². The lowest BCUT2D eigenvalue weighted by molar-refractivity contribution is 0.891. The summed E-state index contributed by atoms with van der Waals surface area (Å²) < 4.78 is 1.78. The van der Waals surface area contributed by atoms with Crippen LogP contribution in [-0.4, -0.2) is 14.6 Å². The maximum atomic E-state index is 4.34. The van der Waals surface area contributed by atoms with Gasteiger partial charge in [0.1, 0.15) is 0 Å². The van der Waals surface area contributed by atoms with E-state index in [4.69, 9.17) is 0 Å². The number of fused-ring (bicyclic) bond motifs is 1. The zero-order valence-corrected chi connectivity index (χ0v) is 6.57. The predicted molar refractivity (Wildman–Crippen MR) is 42.5 cm³/mol. The molecule has 2 aromatic rings. The smallest absolute Gasteiger partial charge is 0.156 e. The first-order chi connectivity index (χ1) is 5.27. The van der Waals surface area contributed by atoms with Crippen molar-refractivity contribution in [1.82, 2.24) is 14.6 Å². The lowest BCUT2D eigenvalue weighted by atomic mass is 10.4. The van der Waals surface area contributed by atoms with Gasteiger partial charge in [0.25, 0.3) is 0 Å². The molecular formula is C8H9N3. The zero-order valence-electron chi connectivity index (χ0n) is 6.57. The molecule has 0 radical (unpaired) electrons. The highest BCUT2D eigenvalue weighted by molar-refractivity contribution is 5.46. The molecule has 0 aliphatic heterocycles. The second-order valence-corrected chi connectivity index (χ2v) is 2.66. The molecule has 0 fully saturated rings. The Bertz CT molecular complexity index is 389. The van der Waals surface area contributed by atoms with E-state index in [0.717, 1.165) is 11.3 Å². The number of rotatable bonds is 0. The van der Waals surface area contributed by atoms with Crippen molar-refractivity contribution in [2.24, 2.45) is 0 Å². The maximum Gasteiger partial charge on any atom is 0.156 e. The Morgan fingerprint density at radius 1 is 1.36 bits per heavy atom. The van der Waals surface area contributed by atoms with E-state index in [-0.39, 0.29) is 0 Å². The van der Waals surface area contributed by atoms with Crippen molar-refractivity contribution >= 4 is 5.65 Å². The number of nitrogens with zero attached hydrogens (tertiary/aromatic N) is 3. The van der Waals surface area contributed by atoms with E-state index >= 15 is 0 Å². The molecule has 56 valence electrons. The van der Waals surface area contributed by atoms with Gasteiger partial charge in [-0.2, -0.15) is 5.10 Å². The Morgan fingerprint density at radius 2 is 2.18 bits per heavy atom. The average molecular weight is 147 g/mol. The van der Waals surface area contributed by atoms with Gasteiger partial charge in [0.2, 0.25) is 0 Å². The molecule has 0 aliphatic rings. The van der Waals surface area contributed by atoms with Gasteiger partial charge in [-0.05, 0) is 25.5 Å². The Balaban J connectivity index is 2.87. The molecule has 0 unspecified atom stereocenters. The van der Waals surface area contributed by atoms with Crippen LogP contribution < -0.4 is 0 Å². The van der Waals surface area contributed by atoms with Gasteiger partial charge in [-0.3, -0.25) is 0 Å². The van der Waals surface area contributed by atoms with E-state index in [1.807, 2.05) is 26.1 Å². The van der Waals surface area contributed by atoms with Gasteiger partial charge in [0, 0.05) is 6.20 Å². The molecule has 0 amide bonds. The minimum atomic E-state index is 0.949. The molecular weight excluding hydrogens is 138 g/mol. The van der Waals surface area contributed by atoms with E-state index in [0.29, 0.717) is 0 Å². The largest absolute Gasteiger partial charge is 0.232 e. The van der Waals surface area contributed by atoms with Crippen LogP contribution in [0.1, 0.15) is 11.3 Å². The molecule has 2 aromatic heterocycles. The SMILES string of the molecule is Cc1cnn2ccc(C)c2n1. The molecule has 2 rings (SSSR count). The maximum absolute atomic E-state index is 4.34. The van der Waals surface area contributed by atoms with Crippen molar-refractivity contribution in [2.75, 3.05) is 0 Å². The summed E-state index contributed by atoms with van der Waals surface area (Å²) in [6, 6.07) is 2.01. The van der Waals surface area contributed by atoms with Gasteiger partial charge >= 0.3 is 0 Å². The molecule has 0 atom stereocenters. The van der Waals surface area contributed by atoms with Gasteiger partial charge in [0.05, 0.1) is 11.9 Å². The minimum Gasteiger partial charge on any atom is -0.232 e. The van der Waals surface area contributed by atoms with Crippen LogP contribution in [0.3, 0.4) is 0 Å². The quantitative estimate of drug-likeness (QED) is 0.563. The van der Waals surface area contributed by atoms with Crippen LogP contribution >= 0.6 is 0 Å². The standard InChI is InChI=1S/C8H9N3/c1-6-3-4-11-8(6)10-7(2)5-9-11/h3-5H,1-2H3. The van der Waals surface area contributed by atoms with E-state index < -0.39 is 0 Å². The van der Waals surface area contributed by atoms with Crippen molar-refractivity contribution in [3.63, 3.8) is 0 Å². The third-order valence-corrected chi connectivity index (χ3v) is 1.69. The summed E-state index contributed by atoms with van der Waals surface area (Å²) in [4.78, 5) is 4.34. The molecule has 0 N–H and O–H groups in total. The Labute approximate surface area is 64.7 Å². The molecule has 0 saturated carbocycles. The van der Waals surface area contributed by atoms with Crippen molar-refractivity contribution in [2.45, 2.75) is 13.8 Å². The summed E-state index contributed by atoms with van der Waals surface area (Å²) in [6.45, 7) is 3.98. The molecule has 3 heteroatoms. The van der Waals surface area contributed by atoms with Crippen molar-refractivity contribution < 1.29 is 0 Å². The summed E-state index contributed by atoms with van der Waals surface area (Å²) >= 11 is 0. The fourth-order valence-electron chi connectivity index (χ4n) is 1.08. The number of hydrogen-bond donors (Lipinski definition) is 0. The van der Waals surface area contributed by atoms with Gasteiger partial charge in [-0.25, -0.2) is 9.50 Å². The van der Waals surface area contributed by atoms with Crippen LogP contribution in [0.15, 0.2) is 18.5 Å². The summed E-state index contributed by atoms with van der Waals surface area (Å²) in [6.07, 6.45) is 3.67. The molecule has 2 heterocycles. The molecule has 0 saturated heterocycles. The first-order valence-corrected chi connectivity index (χ1v) is 3.55. The van der Waals surface area contributed by atoms with E-state index in [1.54, 1.807) is 10.7 Å². The topological polar surface area (TPSA) is 30.2 Å². The highest BCUT2D eigenvalue weighted by Crippen LogP contribution is 2.06. The van der Waals surface area contributed by atoms with Crippen molar-refractivity contribution in [3.05, 3.63) is 29.7 Å². The predicted octanol–water partition coefficient (Wildman–Crippen LogP) is 1.35. The summed E-state index contributed by atoms with van der Waals surface area (Å²) in [5.41, 5.74) is 3.07. The normalized spacial score (nSPS) is 10.7. The first-order valence-electron chi connectivity index (χ1n) is 3.55. The van der Waals surface area contributed by atoms with Crippen molar-refractivity contribution in [1.29, 1.82) is 0 Å². The third-order valence-electron chi connectivity index (χ3n) is 1.69. The number of hydrogen-bond acceptors (Lipinski definition) is 2. The number of aromatic nitrogens is 3. The van der Waals surface area contributed by atoms with E-state index in [2.05, 4.69) is 10.1 Å². The Hall–Kier alpha value is -1.38. The zero-order chi connectivity index (χ0) is 7.84. The third kappa shape index (κ3) is 0.888.